The number of carbonyl (C=O) groups is 1. The summed E-state index contributed by atoms with van der Waals surface area (Å²) in [7, 11) is -7.49. The van der Waals surface area contributed by atoms with Crippen molar-refractivity contribution in [1.29, 1.82) is 0 Å². The highest BCUT2D eigenvalue weighted by Crippen LogP contribution is 2.87. The lowest BCUT2D eigenvalue weighted by Gasteiger charge is -2.49. The minimum absolute atomic E-state index is 0.00544. The summed E-state index contributed by atoms with van der Waals surface area (Å²) < 4.78 is 54.0. The van der Waals surface area contributed by atoms with Crippen LogP contribution >= 0.6 is 0 Å². The number of fused-ring (bicyclic) bond motifs is 3. The molecule has 6 fully saturated rings. The maximum absolute atomic E-state index is 14.5. The highest BCUT2D eigenvalue weighted by molar-refractivity contribution is 7.93. The molecule has 0 spiro atoms. The van der Waals surface area contributed by atoms with E-state index in [1.807, 2.05) is 0 Å². The fraction of sp³-hybridized carbons (Fsp3) is 0.500. The number of hydrogen-bond donors (Lipinski definition) is 1. The quantitative estimate of drug-likeness (QED) is 0.531. The van der Waals surface area contributed by atoms with Crippen LogP contribution in [0.4, 0.5) is 0 Å². The van der Waals surface area contributed by atoms with Gasteiger partial charge in [0.2, 0.25) is 0 Å². The standard InChI is InChI=1S/C30H30O6S2/c1-2-29(32)25-18(13-14-37(33,34)16-9-5-3-6-10-16)21-23-20-19-15-30(26(20)27(21)31,28(29)22(19)24(23)25)38(35,36)17-11-7-4-8-12-17/h2-12,18-26,28,32H,1,13-15H2/t18-,19-,20+,21-,22-,23-,24+,25-,26-,28+,29+,30+/m1/s1. The molecule has 2 aromatic carbocycles. The van der Waals surface area contributed by atoms with Crippen LogP contribution in [0.5, 0.6) is 0 Å². The minimum Gasteiger partial charge on any atom is -0.385 e. The van der Waals surface area contributed by atoms with Crippen molar-refractivity contribution in [3.63, 3.8) is 0 Å². The number of carbonyl (C=O) groups excluding carboxylic acids is 1. The van der Waals surface area contributed by atoms with Gasteiger partial charge in [-0.2, -0.15) is 0 Å². The molecule has 198 valence electrons. The Morgan fingerprint density at radius 2 is 1.53 bits per heavy atom. The average molecular weight is 551 g/mol. The smallest absolute Gasteiger partial charge is 0.185 e. The van der Waals surface area contributed by atoms with E-state index in [0.717, 1.165) is 0 Å². The molecule has 0 unspecified atom stereocenters. The average Bonchev–Trinajstić information content (AvgIpc) is 3.70. The van der Waals surface area contributed by atoms with Gasteiger partial charge in [0.1, 0.15) is 5.78 Å². The Hall–Kier alpha value is -2.29. The van der Waals surface area contributed by atoms with Crippen molar-refractivity contribution in [2.24, 2.45) is 59.2 Å². The second kappa shape index (κ2) is 7.07. The first-order valence-electron chi connectivity index (χ1n) is 13.6. The second-order valence-electron chi connectivity index (χ2n) is 12.5. The zero-order chi connectivity index (χ0) is 26.4. The molecule has 0 aliphatic heterocycles. The van der Waals surface area contributed by atoms with Gasteiger partial charge in [0.15, 0.2) is 19.7 Å². The van der Waals surface area contributed by atoms with Crippen LogP contribution in [0.1, 0.15) is 12.8 Å². The summed E-state index contributed by atoms with van der Waals surface area (Å²) in [4.78, 5) is 14.8. The Kier molecular flexibility index (Phi) is 4.39. The molecule has 0 aromatic heterocycles. The summed E-state index contributed by atoms with van der Waals surface area (Å²) in [6.45, 7) is 4.01. The van der Waals surface area contributed by atoms with Gasteiger partial charge >= 0.3 is 0 Å². The lowest BCUT2D eigenvalue weighted by atomic mass is 9.63. The summed E-state index contributed by atoms with van der Waals surface area (Å²) in [5, 5.41) is 12.4. The zero-order valence-corrected chi connectivity index (χ0v) is 22.4. The van der Waals surface area contributed by atoms with E-state index in [1.165, 1.54) is 0 Å². The van der Waals surface area contributed by atoms with E-state index >= 15 is 0 Å². The first kappa shape index (κ1) is 23.6. The topological polar surface area (TPSA) is 106 Å². The first-order chi connectivity index (χ1) is 18.1. The van der Waals surface area contributed by atoms with Crippen LogP contribution < -0.4 is 0 Å². The predicted octanol–water partition coefficient (Wildman–Crippen LogP) is 3.18. The van der Waals surface area contributed by atoms with Gasteiger partial charge in [0.05, 0.1) is 25.9 Å². The zero-order valence-electron chi connectivity index (χ0n) is 20.8. The molecule has 6 nitrogen and oxygen atoms in total. The van der Waals surface area contributed by atoms with Crippen LogP contribution in [0.25, 0.3) is 0 Å². The van der Waals surface area contributed by atoms with Crippen molar-refractivity contribution in [2.75, 3.05) is 5.75 Å². The molecule has 8 rings (SSSR count). The van der Waals surface area contributed by atoms with Gasteiger partial charge in [-0.05, 0) is 78.5 Å². The molecule has 6 saturated carbocycles. The van der Waals surface area contributed by atoms with Crippen LogP contribution in [0.3, 0.4) is 0 Å². The van der Waals surface area contributed by atoms with Crippen molar-refractivity contribution < 1.29 is 26.7 Å². The molecule has 0 radical (unpaired) electrons. The van der Waals surface area contributed by atoms with Gasteiger partial charge in [-0.3, -0.25) is 4.79 Å². The maximum Gasteiger partial charge on any atom is 0.185 e. The van der Waals surface area contributed by atoms with E-state index in [2.05, 4.69) is 6.58 Å². The normalized spacial score (nSPS) is 46.9. The Labute approximate surface area is 223 Å². The lowest BCUT2D eigenvalue weighted by molar-refractivity contribution is -0.132. The molecule has 2 bridgehead atoms. The Balaban J connectivity index is 1.26. The van der Waals surface area contributed by atoms with Gasteiger partial charge < -0.3 is 5.11 Å². The third kappa shape index (κ3) is 2.32. The van der Waals surface area contributed by atoms with Crippen LogP contribution in [-0.2, 0) is 24.5 Å². The molecule has 0 heterocycles. The van der Waals surface area contributed by atoms with E-state index in [-0.39, 0.29) is 69.2 Å². The van der Waals surface area contributed by atoms with E-state index in [1.54, 1.807) is 66.7 Å². The van der Waals surface area contributed by atoms with E-state index in [0.29, 0.717) is 6.42 Å². The fourth-order valence-electron chi connectivity index (χ4n) is 11.3. The molecule has 6 aliphatic rings. The number of rotatable bonds is 7. The second-order valence-corrected chi connectivity index (χ2v) is 16.9. The maximum atomic E-state index is 14.5. The lowest BCUT2D eigenvalue weighted by Crippen LogP contribution is -2.61. The predicted molar refractivity (Wildman–Crippen MR) is 139 cm³/mol. The number of benzene rings is 2. The summed E-state index contributed by atoms with van der Waals surface area (Å²) in [6, 6.07) is 16.7. The van der Waals surface area contributed by atoms with Gasteiger partial charge in [-0.15, -0.1) is 6.58 Å². The largest absolute Gasteiger partial charge is 0.385 e. The van der Waals surface area contributed by atoms with Crippen LogP contribution in [0.15, 0.2) is 83.1 Å². The number of hydrogen-bond acceptors (Lipinski definition) is 6. The Bertz CT molecular complexity index is 1600. The number of aliphatic hydroxyl groups is 1. The summed E-state index contributed by atoms with van der Waals surface area (Å²) in [6.07, 6.45) is 2.25. The van der Waals surface area contributed by atoms with E-state index in [4.69, 9.17) is 0 Å². The van der Waals surface area contributed by atoms with Crippen molar-refractivity contribution in [1.82, 2.24) is 0 Å². The molecule has 6 aliphatic carbocycles. The Morgan fingerprint density at radius 1 is 0.895 bits per heavy atom. The van der Waals surface area contributed by atoms with Gasteiger partial charge in [0.25, 0.3) is 0 Å². The molecule has 2 aromatic rings. The third-order valence-corrected chi connectivity index (χ3v) is 16.2. The van der Waals surface area contributed by atoms with Crippen molar-refractivity contribution in [3.05, 3.63) is 73.3 Å². The number of ketones is 1. The first-order valence-corrected chi connectivity index (χ1v) is 16.7. The SMILES string of the molecule is C=C[C@]1(O)[C@@H]2[C@H](CCS(=O)(=O)c3ccccc3)[C@H]3C(=O)[C@H]4[C@H]5[C@H]6C[C@@]4(S(=O)(=O)c4ccccc4)[C@H]1[C@H]6[C@H]2[C@@H]35. The van der Waals surface area contributed by atoms with Gasteiger partial charge in [0, 0.05) is 17.8 Å². The number of Topliss-reactive ketones (excluding diaryl/α,β-unsaturated/α-hetero) is 1. The van der Waals surface area contributed by atoms with Crippen LogP contribution in [-0.4, -0.2) is 43.8 Å². The Morgan fingerprint density at radius 3 is 2.16 bits per heavy atom. The molecule has 1 N–H and O–H groups in total. The highest BCUT2D eigenvalue weighted by atomic mass is 32.2. The summed E-state index contributed by atoms with van der Waals surface area (Å²) >= 11 is 0. The monoisotopic (exact) mass is 550 g/mol. The van der Waals surface area contributed by atoms with E-state index in [9.17, 15) is 26.7 Å². The highest BCUT2D eigenvalue weighted by Gasteiger charge is 2.92. The minimum atomic E-state index is -3.93. The molecule has 8 heteroatoms. The van der Waals surface area contributed by atoms with E-state index < -0.39 is 47.8 Å². The third-order valence-electron chi connectivity index (χ3n) is 11.8. The molecule has 12 atom stereocenters. The van der Waals surface area contributed by atoms with Gasteiger partial charge in [-0.25, -0.2) is 16.8 Å². The molecule has 38 heavy (non-hydrogen) atoms. The van der Waals surface area contributed by atoms with Crippen molar-refractivity contribution in [3.8, 4) is 0 Å². The molecular weight excluding hydrogens is 520 g/mol. The van der Waals surface area contributed by atoms with Gasteiger partial charge in [-0.1, -0.05) is 42.5 Å². The fourth-order valence-corrected chi connectivity index (χ4v) is 15.3. The van der Waals surface area contributed by atoms with Crippen molar-refractivity contribution in [2.45, 2.75) is 33.0 Å². The summed E-state index contributed by atoms with van der Waals surface area (Å²) in [5.41, 5.74) is -1.45. The van der Waals surface area contributed by atoms with Crippen LogP contribution in [0.2, 0.25) is 0 Å². The summed E-state index contributed by atoms with van der Waals surface area (Å²) in [5.74, 6) is -2.14. The molecular formula is C30H30O6S2. The molecule has 0 saturated heterocycles. The number of sulfone groups is 2. The van der Waals surface area contributed by atoms with Crippen LogP contribution in [0, 0.1) is 59.2 Å². The molecule has 0 amide bonds. The van der Waals surface area contributed by atoms with Crippen molar-refractivity contribution >= 4 is 25.5 Å².